The van der Waals surface area contributed by atoms with Crippen LogP contribution in [0.25, 0.3) is 0 Å². The largest absolute Gasteiger partial charge is 0.371 e. The summed E-state index contributed by atoms with van der Waals surface area (Å²) in [6.07, 6.45) is 0.688. The first-order valence-corrected chi connectivity index (χ1v) is 9.50. The molecule has 0 spiro atoms. The van der Waals surface area contributed by atoms with Gasteiger partial charge in [-0.05, 0) is 29.9 Å². The Balaban J connectivity index is 3.09. The summed E-state index contributed by atoms with van der Waals surface area (Å²) in [5.74, 6) is -2.20. The van der Waals surface area contributed by atoms with Gasteiger partial charge in [0.1, 0.15) is 18.0 Å². The Labute approximate surface area is 171 Å². The van der Waals surface area contributed by atoms with Crippen LogP contribution in [0.2, 0.25) is 0 Å². The van der Waals surface area contributed by atoms with E-state index >= 15 is 0 Å². The lowest BCUT2D eigenvalue weighted by Gasteiger charge is -2.33. The second kappa shape index (κ2) is 10.9. The van der Waals surface area contributed by atoms with Crippen LogP contribution in [0.4, 0.5) is 5.82 Å². The van der Waals surface area contributed by atoms with E-state index in [4.69, 9.17) is 9.94 Å². The van der Waals surface area contributed by atoms with Crippen LogP contribution < -0.4 is 16.1 Å². The molecule has 162 valence electrons. The molecule has 29 heavy (non-hydrogen) atoms. The van der Waals surface area contributed by atoms with Gasteiger partial charge in [0.25, 0.3) is 5.91 Å². The summed E-state index contributed by atoms with van der Waals surface area (Å²) in [6.45, 7) is 9.27. The Morgan fingerprint density at radius 3 is 2.24 bits per heavy atom. The van der Waals surface area contributed by atoms with E-state index in [0.717, 1.165) is 0 Å². The highest BCUT2D eigenvalue weighted by atomic mass is 16.5. The summed E-state index contributed by atoms with van der Waals surface area (Å²) >= 11 is 0. The standard InChI is InChI=1S/C20H32N4O5/c1-12(2)11-13(15(29-6)18(26)24-28)17(25)23-16(20(3,4)5)19(27)22-14-9-7-8-10-21-14/h7-10,12-13,15-16,28H,11H2,1-6H3,(H,23,25)(H,24,26)(H,21,22,27)/t13-,15+,16?/m1/s1. The average Bonchev–Trinajstić information content (AvgIpc) is 2.64. The van der Waals surface area contributed by atoms with E-state index < -0.39 is 41.2 Å². The van der Waals surface area contributed by atoms with Gasteiger partial charge >= 0.3 is 0 Å². The van der Waals surface area contributed by atoms with Crippen molar-refractivity contribution >= 4 is 23.5 Å². The molecule has 1 heterocycles. The molecule has 9 nitrogen and oxygen atoms in total. The lowest BCUT2D eigenvalue weighted by Crippen LogP contribution is -2.55. The second-order valence-corrected chi connectivity index (χ2v) is 8.38. The van der Waals surface area contributed by atoms with Crippen molar-refractivity contribution in [2.24, 2.45) is 17.3 Å². The SMILES string of the molecule is CO[C@H](C(=O)NO)[C@@H](CC(C)C)C(=O)NC(C(=O)Nc1ccccn1)C(C)(C)C. The summed E-state index contributed by atoms with van der Waals surface area (Å²) in [6, 6.07) is 4.23. The van der Waals surface area contributed by atoms with E-state index in [1.807, 2.05) is 34.6 Å². The molecule has 0 bridgehead atoms. The molecule has 0 fully saturated rings. The fourth-order valence-electron chi connectivity index (χ4n) is 2.95. The van der Waals surface area contributed by atoms with Crippen LogP contribution in [-0.2, 0) is 19.1 Å². The molecule has 0 aromatic carbocycles. The van der Waals surface area contributed by atoms with Crippen molar-refractivity contribution in [3.63, 3.8) is 0 Å². The number of nitrogens with zero attached hydrogens (tertiary/aromatic N) is 1. The quantitative estimate of drug-likeness (QED) is 0.364. The van der Waals surface area contributed by atoms with Gasteiger partial charge in [-0.3, -0.25) is 19.6 Å². The van der Waals surface area contributed by atoms with Crippen LogP contribution >= 0.6 is 0 Å². The van der Waals surface area contributed by atoms with Crippen molar-refractivity contribution < 1.29 is 24.3 Å². The number of aromatic nitrogens is 1. The van der Waals surface area contributed by atoms with Gasteiger partial charge in [-0.25, -0.2) is 10.5 Å². The first-order valence-electron chi connectivity index (χ1n) is 9.50. The zero-order chi connectivity index (χ0) is 22.2. The molecule has 0 aliphatic rings. The number of ether oxygens (including phenoxy) is 1. The summed E-state index contributed by atoms with van der Waals surface area (Å²) < 4.78 is 5.17. The topological polar surface area (TPSA) is 130 Å². The second-order valence-electron chi connectivity index (χ2n) is 8.38. The fraction of sp³-hybridized carbons (Fsp3) is 0.600. The van der Waals surface area contributed by atoms with Crippen molar-refractivity contribution in [3.05, 3.63) is 24.4 Å². The summed E-state index contributed by atoms with van der Waals surface area (Å²) in [5.41, 5.74) is 0.920. The van der Waals surface area contributed by atoms with Crippen LogP contribution in [-0.4, -0.2) is 47.2 Å². The third-order valence-electron chi connectivity index (χ3n) is 4.38. The zero-order valence-corrected chi connectivity index (χ0v) is 17.9. The molecule has 0 aliphatic heterocycles. The van der Waals surface area contributed by atoms with Gasteiger partial charge < -0.3 is 15.4 Å². The maximum atomic E-state index is 13.1. The van der Waals surface area contributed by atoms with E-state index in [9.17, 15) is 14.4 Å². The molecule has 1 aromatic rings. The molecule has 0 radical (unpaired) electrons. The lowest BCUT2D eigenvalue weighted by atomic mass is 9.84. The third kappa shape index (κ3) is 7.43. The number of carbonyl (C=O) groups is 3. The number of hydrogen-bond acceptors (Lipinski definition) is 6. The molecule has 4 N–H and O–H groups in total. The molecule has 1 unspecified atom stereocenters. The number of amides is 3. The zero-order valence-electron chi connectivity index (χ0n) is 17.9. The monoisotopic (exact) mass is 408 g/mol. The fourth-order valence-corrected chi connectivity index (χ4v) is 2.95. The Kier molecular flexibility index (Phi) is 9.19. The number of hydroxylamine groups is 1. The molecule has 0 saturated carbocycles. The molecular formula is C20H32N4O5. The molecule has 0 aliphatic carbocycles. The van der Waals surface area contributed by atoms with E-state index in [2.05, 4.69) is 15.6 Å². The Hall–Kier alpha value is -2.52. The number of methoxy groups -OCH3 is 1. The smallest absolute Gasteiger partial charge is 0.273 e. The average molecular weight is 408 g/mol. The predicted octanol–water partition coefficient (Wildman–Crippen LogP) is 1.73. The minimum absolute atomic E-state index is 0.0744. The highest BCUT2D eigenvalue weighted by Crippen LogP contribution is 2.24. The number of anilines is 1. The van der Waals surface area contributed by atoms with Gasteiger partial charge in [-0.2, -0.15) is 0 Å². The van der Waals surface area contributed by atoms with Crippen molar-refractivity contribution in [2.75, 3.05) is 12.4 Å². The van der Waals surface area contributed by atoms with Crippen LogP contribution in [0, 0.1) is 17.3 Å². The highest BCUT2D eigenvalue weighted by molar-refractivity contribution is 5.98. The molecule has 0 saturated heterocycles. The van der Waals surface area contributed by atoms with Gasteiger partial charge in [0.2, 0.25) is 11.8 Å². The van der Waals surface area contributed by atoms with E-state index in [1.165, 1.54) is 12.6 Å². The highest BCUT2D eigenvalue weighted by Gasteiger charge is 2.39. The minimum Gasteiger partial charge on any atom is -0.371 e. The molecule has 1 aromatic heterocycles. The predicted molar refractivity (Wildman–Crippen MR) is 108 cm³/mol. The summed E-state index contributed by atoms with van der Waals surface area (Å²) in [4.78, 5) is 42.0. The van der Waals surface area contributed by atoms with Gasteiger partial charge in [-0.1, -0.05) is 40.7 Å². The Bertz CT molecular complexity index is 688. The van der Waals surface area contributed by atoms with E-state index in [-0.39, 0.29) is 5.92 Å². The molecular weight excluding hydrogens is 376 g/mol. The maximum Gasteiger partial charge on any atom is 0.273 e. The molecule has 9 heteroatoms. The Morgan fingerprint density at radius 1 is 1.14 bits per heavy atom. The summed E-state index contributed by atoms with van der Waals surface area (Å²) in [5, 5.41) is 14.4. The van der Waals surface area contributed by atoms with Gasteiger partial charge in [-0.15, -0.1) is 0 Å². The van der Waals surface area contributed by atoms with Crippen LogP contribution in [0.3, 0.4) is 0 Å². The van der Waals surface area contributed by atoms with Crippen molar-refractivity contribution in [2.45, 2.75) is 53.2 Å². The third-order valence-corrected chi connectivity index (χ3v) is 4.38. The lowest BCUT2D eigenvalue weighted by molar-refractivity contribution is -0.149. The van der Waals surface area contributed by atoms with Crippen LogP contribution in [0.5, 0.6) is 0 Å². The number of carbonyl (C=O) groups excluding carboxylic acids is 3. The number of nitrogens with one attached hydrogen (secondary N) is 3. The van der Waals surface area contributed by atoms with Gasteiger partial charge in [0, 0.05) is 13.3 Å². The van der Waals surface area contributed by atoms with Gasteiger partial charge in [0.05, 0.1) is 5.92 Å². The number of hydrogen-bond donors (Lipinski definition) is 4. The molecule has 1 rings (SSSR count). The Morgan fingerprint density at radius 2 is 1.79 bits per heavy atom. The first kappa shape index (κ1) is 24.5. The first-order chi connectivity index (χ1) is 13.5. The molecule has 3 atom stereocenters. The van der Waals surface area contributed by atoms with Crippen molar-refractivity contribution in [3.8, 4) is 0 Å². The number of pyridine rings is 1. The van der Waals surface area contributed by atoms with Gasteiger partial charge in [0.15, 0.2) is 0 Å². The van der Waals surface area contributed by atoms with Crippen LogP contribution in [0.15, 0.2) is 24.4 Å². The molecule has 3 amide bonds. The number of rotatable bonds is 9. The van der Waals surface area contributed by atoms with Crippen molar-refractivity contribution in [1.29, 1.82) is 0 Å². The minimum atomic E-state index is -1.19. The normalized spacial score (nSPS) is 14.6. The van der Waals surface area contributed by atoms with E-state index in [0.29, 0.717) is 12.2 Å². The summed E-state index contributed by atoms with van der Waals surface area (Å²) in [7, 11) is 1.29. The van der Waals surface area contributed by atoms with Crippen molar-refractivity contribution in [1.82, 2.24) is 15.8 Å². The maximum absolute atomic E-state index is 13.1. The van der Waals surface area contributed by atoms with E-state index in [1.54, 1.807) is 24.4 Å². The van der Waals surface area contributed by atoms with Crippen LogP contribution in [0.1, 0.15) is 41.0 Å².